The van der Waals surface area contributed by atoms with Gasteiger partial charge in [0.05, 0.1) is 5.69 Å². The second-order valence-corrected chi connectivity index (χ2v) is 10.4. The van der Waals surface area contributed by atoms with Crippen LogP contribution in [0.5, 0.6) is 0 Å². The standard InChI is InChI=1S/C33H33N3O3/c1-22(2)34-32(38)29(19-24-12-5-4-6-13-24)35(20-26-14-8-7-11-23(26)3)30(37)21-36-28-18-10-16-25-15-9-17-27(31(25)28)33(36)39/h4-18,22,29H,19-21H2,1-3H3,(H,34,38). The molecule has 0 bridgehead atoms. The van der Waals surface area contributed by atoms with Crippen molar-refractivity contribution < 1.29 is 14.4 Å². The SMILES string of the molecule is Cc1ccccc1CN(C(=O)CN1C(=O)c2cccc3cccc1c23)C(Cc1ccccc1)C(=O)NC(C)C. The van der Waals surface area contributed by atoms with Crippen LogP contribution in [0.4, 0.5) is 5.69 Å². The summed E-state index contributed by atoms with van der Waals surface area (Å²) < 4.78 is 0. The molecule has 1 atom stereocenters. The van der Waals surface area contributed by atoms with Gasteiger partial charge < -0.3 is 10.2 Å². The molecule has 4 aromatic rings. The smallest absolute Gasteiger partial charge is 0.259 e. The number of hydrogen-bond acceptors (Lipinski definition) is 3. The second-order valence-electron chi connectivity index (χ2n) is 10.4. The number of aryl methyl sites for hydroxylation is 1. The van der Waals surface area contributed by atoms with Gasteiger partial charge in [-0.1, -0.05) is 78.9 Å². The molecule has 0 aromatic heterocycles. The molecule has 198 valence electrons. The summed E-state index contributed by atoms with van der Waals surface area (Å²) in [5.74, 6) is -0.692. The Bertz CT molecular complexity index is 1520. The van der Waals surface area contributed by atoms with E-state index in [1.54, 1.807) is 15.9 Å². The van der Waals surface area contributed by atoms with Crippen molar-refractivity contribution in [1.29, 1.82) is 0 Å². The highest BCUT2D eigenvalue weighted by molar-refractivity contribution is 6.26. The first-order valence-electron chi connectivity index (χ1n) is 13.4. The van der Waals surface area contributed by atoms with Crippen LogP contribution in [-0.4, -0.2) is 41.2 Å². The van der Waals surface area contributed by atoms with Crippen molar-refractivity contribution in [3.8, 4) is 0 Å². The number of carbonyl (C=O) groups excluding carboxylic acids is 3. The first-order valence-corrected chi connectivity index (χ1v) is 13.4. The van der Waals surface area contributed by atoms with Crippen molar-refractivity contribution in [3.05, 3.63) is 113 Å². The molecule has 0 radical (unpaired) electrons. The van der Waals surface area contributed by atoms with Gasteiger partial charge in [0.25, 0.3) is 5.91 Å². The predicted octanol–water partition coefficient (Wildman–Crippen LogP) is 5.27. The van der Waals surface area contributed by atoms with E-state index < -0.39 is 6.04 Å². The normalized spacial score (nSPS) is 13.1. The number of carbonyl (C=O) groups is 3. The van der Waals surface area contributed by atoms with E-state index in [9.17, 15) is 14.4 Å². The quantitative estimate of drug-likeness (QED) is 0.327. The van der Waals surface area contributed by atoms with Crippen LogP contribution in [0.15, 0.2) is 91.0 Å². The Balaban J connectivity index is 1.52. The minimum absolute atomic E-state index is 0.0848. The first kappa shape index (κ1) is 26.2. The fraction of sp³-hybridized carbons (Fsp3) is 0.242. The molecule has 0 aliphatic carbocycles. The fourth-order valence-electron chi connectivity index (χ4n) is 5.27. The molecule has 5 rings (SSSR count). The molecule has 1 aliphatic rings. The van der Waals surface area contributed by atoms with Gasteiger partial charge in [0.1, 0.15) is 12.6 Å². The zero-order valence-corrected chi connectivity index (χ0v) is 22.6. The van der Waals surface area contributed by atoms with Gasteiger partial charge in [-0.3, -0.25) is 19.3 Å². The van der Waals surface area contributed by atoms with Gasteiger partial charge in [0, 0.05) is 30.0 Å². The Kier molecular flexibility index (Phi) is 7.46. The molecule has 0 saturated carbocycles. The number of nitrogens with one attached hydrogen (secondary N) is 1. The molecule has 1 heterocycles. The molecule has 6 nitrogen and oxygen atoms in total. The molecule has 6 heteroatoms. The minimum atomic E-state index is -0.752. The van der Waals surface area contributed by atoms with Crippen LogP contribution in [-0.2, 0) is 22.6 Å². The number of benzene rings is 4. The van der Waals surface area contributed by atoms with E-state index in [-0.39, 0.29) is 36.9 Å². The highest BCUT2D eigenvalue weighted by atomic mass is 16.2. The summed E-state index contributed by atoms with van der Waals surface area (Å²) in [4.78, 5) is 44.5. The Morgan fingerprint density at radius 3 is 2.28 bits per heavy atom. The van der Waals surface area contributed by atoms with Crippen LogP contribution >= 0.6 is 0 Å². The summed E-state index contributed by atoms with van der Waals surface area (Å²) >= 11 is 0. The van der Waals surface area contributed by atoms with Crippen molar-refractivity contribution >= 4 is 34.2 Å². The van der Waals surface area contributed by atoms with Crippen LogP contribution in [0.3, 0.4) is 0 Å². The summed E-state index contributed by atoms with van der Waals surface area (Å²) in [6.07, 6.45) is 0.362. The van der Waals surface area contributed by atoms with E-state index in [1.165, 1.54) is 0 Å². The van der Waals surface area contributed by atoms with Gasteiger partial charge in [0.15, 0.2) is 0 Å². The molecule has 0 spiro atoms. The third-order valence-electron chi connectivity index (χ3n) is 7.25. The minimum Gasteiger partial charge on any atom is -0.352 e. The lowest BCUT2D eigenvalue weighted by molar-refractivity contribution is -0.140. The summed E-state index contributed by atoms with van der Waals surface area (Å²) in [5.41, 5.74) is 4.27. The lowest BCUT2D eigenvalue weighted by Gasteiger charge is -2.33. The lowest BCUT2D eigenvalue weighted by Crippen LogP contribution is -2.54. The van der Waals surface area contributed by atoms with E-state index in [0.29, 0.717) is 12.0 Å². The molecule has 4 aromatic carbocycles. The van der Waals surface area contributed by atoms with Gasteiger partial charge >= 0.3 is 0 Å². The molecular formula is C33H33N3O3. The topological polar surface area (TPSA) is 69.7 Å². The van der Waals surface area contributed by atoms with Crippen molar-refractivity contribution in [2.45, 2.75) is 45.8 Å². The number of anilines is 1. The van der Waals surface area contributed by atoms with Gasteiger partial charge in [0.2, 0.25) is 11.8 Å². The van der Waals surface area contributed by atoms with E-state index in [4.69, 9.17) is 0 Å². The molecule has 0 fully saturated rings. The maximum atomic E-state index is 14.2. The van der Waals surface area contributed by atoms with Crippen LogP contribution < -0.4 is 10.2 Å². The Hall–Kier alpha value is -4.45. The largest absolute Gasteiger partial charge is 0.352 e. The highest BCUT2D eigenvalue weighted by Gasteiger charge is 2.36. The number of nitrogens with zero attached hydrogens (tertiary/aromatic N) is 2. The summed E-state index contributed by atoms with van der Waals surface area (Å²) in [7, 11) is 0. The summed E-state index contributed by atoms with van der Waals surface area (Å²) in [6.45, 7) is 5.92. The van der Waals surface area contributed by atoms with Crippen molar-refractivity contribution in [1.82, 2.24) is 10.2 Å². The molecule has 39 heavy (non-hydrogen) atoms. The van der Waals surface area contributed by atoms with Crippen molar-refractivity contribution in [2.24, 2.45) is 0 Å². The maximum absolute atomic E-state index is 14.2. The van der Waals surface area contributed by atoms with Gasteiger partial charge in [-0.15, -0.1) is 0 Å². The van der Waals surface area contributed by atoms with Crippen molar-refractivity contribution in [2.75, 3.05) is 11.4 Å². The maximum Gasteiger partial charge on any atom is 0.259 e. The zero-order valence-electron chi connectivity index (χ0n) is 22.6. The first-order chi connectivity index (χ1) is 18.8. The van der Waals surface area contributed by atoms with Crippen LogP contribution in [0.2, 0.25) is 0 Å². The average Bonchev–Trinajstić information content (AvgIpc) is 3.19. The van der Waals surface area contributed by atoms with Crippen LogP contribution in [0.1, 0.15) is 40.9 Å². The number of amides is 3. The third kappa shape index (κ3) is 5.41. The van der Waals surface area contributed by atoms with Gasteiger partial charge in [-0.05, 0) is 55.0 Å². The predicted molar refractivity (Wildman–Crippen MR) is 155 cm³/mol. The van der Waals surface area contributed by atoms with Gasteiger partial charge in [-0.2, -0.15) is 0 Å². The number of rotatable bonds is 9. The monoisotopic (exact) mass is 519 g/mol. The lowest BCUT2D eigenvalue weighted by atomic mass is 10.0. The zero-order chi connectivity index (χ0) is 27.5. The third-order valence-corrected chi connectivity index (χ3v) is 7.25. The van der Waals surface area contributed by atoms with E-state index in [1.807, 2.05) is 106 Å². The highest BCUT2D eigenvalue weighted by Crippen LogP contribution is 2.37. The Labute approximate surface area is 229 Å². The molecule has 1 aliphatic heterocycles. The molecule has 1 N–H and O–H groups in total. The van der Waals surface area contributed by atoms with E-state index >= 15 is 0 Å². The van der Waals surface area contributed by atoms with Crippen molar-refractivity contribution in [3.63, 3.8) is 0 Å². The molecule has 3 amide bonds. The average molecular weight is 520 g/mol. The molecular weight excluding hydrogens is 486 g/mol. The van der Waals surface area contributed by atoms with E-state index in [2.05, 4.69) is 5.32 Å². The summed E-state index contributed by atoms with van der Waals surface area (Å²) in [6, 6.07) is 28.1. The van der Waals surface area contributed by atoms with Gasteiger partial charge in [-0.25, -0.2) is 0 Å². The van der Waals surface area contributed by atoms with E-state index in [0.717, 1.165) is 33.2 Å². The Morgan fingerprint density at radius 1 is 0.872 bits per heavy atom. The molecule has 0 saturated heterocycles. The van der Waals surface area contributed by atoms with Crippen LogP contribution in [0, 0.1) is 6.92 Å². The fourth-order valence-corrected chi connectivity index (χ4v) is 5.27. The second kappa shape index (κ2) is 11.1. The molecule has 1 unspecified atom stereocenters. The van der Waals surface area contributed by atoms with Crippen LogP contribution in [0.25, 0.3) is 10.8 Å². The number of hydrogen-bond donors (Lipinski definition) is 1. The summed E-state index contributed by atoms with van der Waals surface area (Å²) in [5, 5.41) is 4.84. The Morgan fingerprint density at radius 2 is 1.56 bits per heavy atom.